The Morgan fingerprint density at radius 2 is 1.89 bits per heavy atom. The standard InChI is InChI=1S/C19H21N3O4S/c23-18(11-20-19(24)17-2-1-9-27-17)22-7-5-21(6-8-22)12-14-3-4-15-16(10-14)26-13-25-15/h1-4,9-10H,5-8,11-13H2,(H,20,24). The summed E-state index contributed by atoms with van der Waals surface area (Å²) in [6, 6.07) is 9.57. The summed E-state index contributed by atoms with van der Waals surface area (Å²) >= 11 is 1.37. The summed E-state index contributed by atoms with van der Waals surface area (Å²) in [5.74, 6) is 1.35. The molecule has 0 radical (unpaired) electrons. The van der Waals surface area contributed by atoms with Crippen LogP contribution in [0, 0.1) is 0 Å². The zero-order valence-electron chi connectivity index (χ0n) is 14.8. The molecule has 27 heavy (non-hydrogen) atoms. The number of piperazine rings is 1. The largest absolute Gasteiger partial charge is 0.454 e. The van der Waals surface area contributed by atoms with Gasteiger partial charge in [-0.3, -0.25) is 14.5 Å². The zero-order valence-corrected chi connectivity index (χ0v) is 15.7. The molecule has 0 saturated carbocycles. The van der Waals surface area contributed by atoms with Crippen molar-refractivity contribution in [1.82, 2.24) is 15.1 Å². The van der Waals surface area contributed by atoms with E-state index < -0.39 is 0 Å². The average Bonchev–Trinajstić information content (AvgIpc) is 3.38. The van der Waals surface area contributed by atoms with Crippen LogP contribution in [0.2, 0.25) is 0 Å². The lowest BCUT2D eigenvalue weighted by Crippen LogP contribution is -2.50. The summed E-state index contributed by atoms with van der Waals surface area (Å²) in [5, 5.41) is 4.54. The smallest absolute Gasteiger partial charge is 0.261 e. The molecule has 8 heteroatoms. The Balaban J connectivity index is 1.22. The minimum atomic E-state index is -0.195. The molecule has 1 aromatic heterocycles. The summed E-state index contributed by atoms with van der Waals surface area (Å²) in [7, 11) is 0. The molecule has 0 unspecified atom stereocenters. The minimum absolute atomic E-state index is 0.0392. The summed E-state index contributed by atoms with van der Waals surface area (Å²) in [4.78, 5) is 29.0. The fraction of sp³-hybridized carbons (Fsp3) is 0.368. The Morgan fingerprint density at radius 1 is 1.07 bits per heavy atom. The number of amides is 2. The van der Waals surface area contributed by atoms with E-state index in [2.05, 4.69) is 10.2 Å². The first-order valence-electron chi connectivity index (χ1n) is 8.89. The third kappa shape index (κ3) is 4.23. The molecule has 0 aliphatic carbocycles. The molecule has 142 valence electrons. The molecule has 7 nitrogen and oxygen atoms in total. The van der Waals surface area contributed by atoms with Gasteiger partial charge in [0.05, 0.1) is 11.4 Å². The molecule has 0 bridgehead atoms. The summed E-state index contributed by atoms with van der Waals surface area (Å²) < 4.78 is 10.8. The number of hydrogen-bond donors (Lipinski definition) is 1. The molecule has 1 aromatic carbocycles. The number of nitrogens with zero attached hydrogens (tertiary/aromatic N) is 2. The van der Waals surface area contributed by atoms with Gasteiger partial charge in [-0.05, 0) is 29.1 Å². The quantitative estimate of drug-likeness (QED) is 0.843. The van der Waals surface area contributed by atoms with Gasteiger partial charge < -0.3 is 19.7 Å². The predicted molar refractivity (Wildman–Crippen MR) is 101 cm³/mol. The third-order valence-electron chi connectivity index (χ3n) is 4.71. The van der Waals surface area contributed by atoms with Gasteiger partial charge in [-0.2, -0.15) is 0 Å². The van der Waals surface area contributed by atoms with Crippen LogP contribution in [0.25, 0.3) is 0 Å². The lowest BCUT2D eigenvalue weighted by molar-refractivity contribution is -0.131. The Kier molecular flexibility index (Phi) is 5.26. The van der Waals surface area contributed by atoms with E-state index in [0.717, 1.165) is 31.1 Å². The van der Waals surface area contributed by atoms with E-state index in [9.17, 15) is 9.59 Å². The number of hydrogen-bond acceptors (Lipinski definition) is 6. The molecule has 0 spiro atoms. The zero-order chi connectivity index (χ0) is 18.6. The van der Waals surface area contributed by atoms with Gasteiger partial charge in [0.2, 0.25) is 12.7 Å². The second-order valence-corrected chi connectivity index (χ2v) is 7.45. The maximum absolute atomic E-state index is 12.3. The van der Waals surface area contributed by atoms with Crippen LogP contribution >= 0.6 is 11.3 Å². The fourth-order valence-electron chi connectivity index (χ4n) is 3.22. The summed E-state index contributed by atoms with van der Waals surface area (Å²) in [5.41, 5.74) is 1.17. The van der Waals surface area contributed by atoms with Gasteiger partial charge in [0.15, 0.2) is 11.5 Å². The van der Waals surface area contributed by atoms with Crippen LogP contribution in [0.15, 0.2) is 35.7 Å². The number of carbonyl (C=O) groups excluding carboxylic acids is 2. The maximum Gasteiger partial charge on any atom is 0.261 e. The van der Waals surface area contributed by atoms with Gasteiger partial charge in [-0.25, -0.2) is 0 Å². The molecular formula is C19H21N3O4S. The molecule has 2 aromatic rings. The number of fused-ring (bicyclic) bond motifs is 1. The van der Waals surface area contributed by atoms with Crippen molar-refractivity contribution in [3.8, 4) is 11.5 Å². The van der Waals surface area contributed by atoms with Crippen LogP contribution in [0.5, 0.6) is 11.5 Å². The van der Waals surface area contributed by atoms with Crippen molar-refractivity contribution in [3.05, 3.63) is 46.2 Å². The number of nitrogens with one attached hydrogen (secondary N) is 1. The molecule has 0 atom stereocenters. The van der Waals surface area contributed by atoms with E-state index in [-0.39, 0.29) is 25.2 Å². The Labute approximate surface area is 161 Å². The molecule has 2 amide bonds. The van der Waals surface area contributed by atoms with E-state index in [0.29, 0.717) is 18.0 Å². The number of carbonyl (C=O) groups is 2. The van der Waals surface area contributed by atoms with Crippen LogP contribution in [-0.4, -0.2) is 61.1 Å². The Hall–Kier alpha value is -2.58. The normalized spacial score (nSPS) is 16.4. The van der Waals surface area contributed by atoms with Crippen molar-refractivity contribution in [2.24, 2.45) is 0 Å². The van der Waals surface area contributed by atoms with Crippen LogP contribution < -0.4 is 14.8 Å². The first kappa shape index (κ1) is 17.8. The number of thiophene rings is 1. The molecular weight excluding hydrogens is 366 g/mol. The molecule has 1 N–H and O–H groups in total. The first-order valence-corrected chi connectivity index (χ1v) is 9.77. The third-order valence-corrected chi connectivity index (χ3v) is 5.58. The highest BCUT2D eigenvalue weighted by molar-refractivity contribution is 7.12. The van der Waals surface area contributed by atoms with Crippen LogP contribution in [0.1, 0.15) is 15.2 Å². The van der Waals surface area contributed by atoms with Gasteiger partial charge in [-0.15, -0.1) is 11.3 Å². The summed E-state index contributed by atoms with van der Waals surface area (Å²) in [6.45, 7) is 4.07. The van der Waals surface area contributed by atoms with Gasteiger partial charge in [0.1, 0.15) is 0 Å². The van der Waals surface area contributed by atoms with Gasteiger partial charge in [0.25, 0.3) is 5.91 Å². The SMILES string of the molecule is O=C(NCC(=O)N1CCN(Cc2ccc3c(c2)OCO3)CC1)c1cccs1. The van der Waals surface area contributed by atoms with E-state index in [1.54, 1.807) is 6.07 Å². The highest BCUT2D eigenvalue weighted by Gasteiger charge is 2.22. The lowest BCUT2D eigenvalue weighted by atomic mass is 10.1. The van der Waals surface area contributed by atoms with E-state index in [4.69, 9.17) is 9.47 Å². The van der Waals surface area contributed by atoms with Gasteiger partial charge in [0, 0.05) is 32.7 Å². The highest BCUT2D eigenvalue weighted by Crippen LogP contribution is 2.32. The van der Waals surface area contributed by atoms with Crippen LogP contribution in [0.4, 0.5) is 0 Å². The van der Waals surface area contributed by atoms with Crippen molar-refractivity contribution in [2.75, 3.05) is 39.5 Å². The second kappa shape index (κ2) is 7.98. The van der Waals surface area contributed by atoms with Crippen molar-refractivity contribution >= 4 is 23.2 Å². The molecule has 4 rings (SSSR count). The molecule has 1 saturated heterocycles. The first-order chi connectivity index (χ1) is 13.2. The van der Waals surface area contributed by atoms with Gasteiger partial charge >= 0.3 is 0 Å². The highest BCUT2D eigenvalue weighted by atomic mass is 32.1. The topological polar surface area (TPSA) is 71.1 Å². The number of ether oxygens (including phenoxy) is 2. The summed E-state index contributed by atoms with van der Waals surface area (Å²) in [6.07, 6.45) is 0. The molecule has 1 fully saturated rings. The van der Waals surface area contributed by atoms with Crippen LogP contribution in [0.3, 0.4) is 0 Å². The van der Waals surface area contributed by atoms with E-state index >= 15 is 0 Å². The number of rotatable bonds is 5. The number of benzene rings is 1. The van der Waals surface area contributed by atoms with Gasteiger partial charge in [-0.1, -0.05) is 12.1 Å². The Bertz CT molecular complexity index is 816. The molecule has 3 heterocycles. The van der Waals surface area contributed by atoms with Crippen LogP contribution in [-0.2, 0) is 11.3 Å². The fourth-order valence-corrected chi connectivity index (χ4v) is 3.86. The average molecular weight is 387 g/mol. The van der Waals surface area contributed by atoms with Crippen molar-refractivity contribution in [2.45, 2.75) is 6.54 Å². The maximum atomic E-state index is 12.3. The van der Waals surface area contributed by atoms with Crippen molar-refractivity contribution in [1.29, 1.82) is 0 Å². The van der Waals surface area contributed by atoms with Crippen molar-refractivity contribution in [3.63, 3.8) is 0 Å². The van der Waals surface area contributed by atoms with E-state index in [1.165, 1.54) is 16.9 Å². The Morgan fingerprint density at radius 3 is 2.67 bits per heavy atom. The minimum Gasteiger partial charge on any atom is -0.454 e. The van der Waals surface area contributed by atoms with E-state index in [1.807, 2.05) is 34.5 Å². The second-order valence-electron chi connectivity index (χ2n) is 6.50. The molecule has 2 aliphatic heterocycles. The molecule has 2 aliphatic rings. The monoisotopic (exact) mass is 387 g/mol. The predicted octanol–water partition coefficient (Wildman–Crippen LogP) is 1.55. The van der Waals surface area contributed by atoms with Crippen molar-refractivity contribution < 1.29 is 19.1 Å². The lowest BCUT2D eigenvalue weighted by Gasteiger charge is -2.34.